The minimum atomic E-state index is -3.13. The van der Waals surface area contributed by atoms with Crippen LogP contribution in [0.5, 0.6) is 0 Å². The monoisotopic (exact) mass is 260 g/mol. The third kappa shape index (κ3) is 3.25. The summed E-state index contributed by atoms with van der Waals surface area (Å²) in [6.45, 7) is 3.71. The summed E-state index contributed by atoms with van der Waals surface area (Å²) in [6, 6.07) is 1.49. The lowest BCUT2D eigenvalue weighted by Crippen LogP contribution is -2.52. The third-order valence-corrected chi connectivity index (χ3v) is 2.51. The van der Waals surface area contributed by atoms with E-state index >= 15 is 0 Å². The Morgan fingerprint density at radius 3 is 2.72 bits per heavy atom. The van der Waals surface area contributed by atoms with E-state index in [1.54, 1.807) is 0 Å². The molecule has 0 spiro atoms. The van der Waals surface area contributed by atoms with E-state index in [1.807, 2.05) is 13.8 Å². The third-order valence-electron chi connectivity index (χ3n) is 2.51. The van der Waals surface area contributed by atoms with Crippen molar-refractivity contribution >= 4 is 11.8 Å². The maximum atomic E-state index is 13.3. The van der Waals surface area contributed by atoms with Crippen molar-refractivity contribution in [3.05, 3.63) is 12.3 Å². The maximum Gasteiger partial charge on any atom is 0.290 e. The number of piperidine rings is 1. The van der Waals surface area contributed by atoms with Crippen LogP contribution in [0.3, 0.4) is 0 Å². The zero-order valence-electron chi connectivity index (χ0n) is 10.5. The average Bonchev–Trinajstić information content (AvgIpc) is 2.35. The molecule has 1 unspecified atom stereocenters. The molecule has 0 aliphatic carbocycles. The first-order valence-electron chi connectivity index (χ1n) is 5.88. The molecule has 1 fully saturated rings. The first-order chi connectivity index (χ1) is 8.49. The highest BCUT2D eigenvalue weighted by molar-refractivity contribution is 5.38. The molecule has 2 rings (SSSR count). The summed E-state index contributed by atoms with van der Waals surface area (Å²) in [5.74, 6) is -2.72. The average molecular weight is 260 g/mol. The molecule has 0 aromatic carbocycles. The molecule has 0 amide bonds. The summed E-state index contributed by atoms with van der Waals surface area (Å²) in [5.41, 5.74) is 5.45. The van der Waals surface area contributed by atoms with E-state index in [-0.39, 0.29) is 18.2 Å². The number of aliphatic hydroxyl groups is 1. The summed E-state index contributed by atoms with van der Waals surface area (Å²) in [4.78, 5) is 9.06. The van der Waals surface area contributed by atoms with Gasteiger partial charge in [0.15, 0.2) is 0 Å². The fourth-order valence-electron chi connectivity index (χ4n) is 1.61. The van der Waals surface area contributed by atoms with E-state index in [9.17, 15) is 8.78 Å². The number of hydrogen-bond acceptors (Lipinski definition) is 5. The van der Waals surface area contributed by atoms with Crippen molar-refractivity contribution in [2.75, 3.05) is 23.7 Å². The largest absolute Gasteiger partial charge is 0.387 e. The van der Waals surface area contributed by atoms with Gasteiger partial charge in [-0.1, -0.05) is 13.8 Å². The summed E-state index contributed by atoms with van der Waals surface area (Å²) in [6.07, 6.45) is -0.184. The van der Waals surface area contributed by atoms with E-state index in [2.05, 4.69) is 9.97 Å². The van der Waals surface area contributed by atoms with Crippen LogP contribution < -0.4 is 10.6 Å². The van der Waals surface area contributed by atoms with Crippen LogP contribution in [0.2, 0.25) is 0 Å². The Hall–Kier alpha value is -1.50. The Balaban J connectivity index is 0.000000771. The Kier molecular flexibility index (Phi) is 4.77. The molecule has 1 aliphatic rings. The second-order valence-electron chi connectivity index (χ2n) is 3.77. The first-order valence-corrected chi connectivity index (χ1v) is 5.88. The van der Waals surface area contributed by atoms with E-state index in [0.29, 0.717) is 6.54 Å². The number of hydrogen-bond donors (Lipinski definition) is 2. The van der Waals surface area contributed by atoms with Crippen molar-refractivity contribution in [1.29, 1.82) is 0 Å². The molecule has 0 saturated carbocycles. The summed E-state index contributed by atoms with van der Waals surface area (Å²) >= 11 is 0. The van der Waals surface area contributed by atoms with Gasteiger partial charge in [-0.2, -0.15) is 4.98 Å². The van der Waals surface area contributed by atoms with Gasteiger partial charge in [0.2, 0.25) is 5.95 Å². The fraction of sp³-hybridized carbons (Fsp3) is 0.636. The van der Waals surface area contributed by atoms with Gasteiger partial charge in [-0.25, -0.2) is 13.8 Å². The topological polar surface area (TPSA) is 75.3 Å². The van der Waals surface area contributed by atoms with Gasteiger partial charge in [-0.05, 0) is 12.5 Å². The van der Waals surface area contributed by atoms with Crippen LogP contribution in [-0.2, 0) is 0 Å². The SMILES string of the molecule is CC.Nc1ccnc(N2CCC(O)C(F)(F)C2)n1. The Morgan fingerprint density at radius 1 is 1.50 bits per heavy atom. The lowest BCUT2D eigenvalue weighted by atomic mass is 10.0. The lowest BCUT2D eigenvalue weighted by Gasteiger charge is -2.35. The van der Waals surface area contributed by atoms with Crippen molar-refractivity contribution in [2.45, 2.75) is 32.3 Å². The van der Waals surface area contributed by atoms with Crippen molar-refractivity contribution in [3.63, 3.8) is 0 Å². The molecule has 102 valence electrons. The summed E-state index contributed by atoms with van der Waals surface area (Å²) < 4.78 is 26.5. The zero-order valence-corrected chi connectivity index (χ0v) is 10.5. The number of halogens is 2. The number of aliphatic hydroxyl groups excluding tert-OH is 1. The van der Waals surface area contributed by atoms with Gasteiger partial charge in [-0.15, -0.1) is 0 Å². The van der Waals surface area contributed by atoms with Crippen LogP contribution in [-0.4, -0.2) is 40.2 Å². The lowest BCUT2D eigenvalue weighted by molar-refractivity contribution is -0.113. The molecule has 3 N–H and O–H groups in total. The van der Waals surface area contributed by atoms with E-state index in [1.165, 1.54) is 17.2 Å². The predicted octanol–water partition coefficient (Wildman–Crippen LogP) is 1.29. The van der Waals surface area contributed by atoms with Crippen molar-refractivity contribution in [2.24, 2.45) is 0 Å². The molecule has 0 bridgehead atoms. The summed E-state index contributed by atoms with van der Waals surface area (Å²) in [7, 11) is 0. The molecule has 5 nitrogen and oxygen atoms in total. The molecule has 18 heavy (non-hydrogen) atoms. The maximum absolute atomic E-state index is 13.3. The van der Waals surface area contributed by atoms with Crippen molar-refractivity contribution < 1.29 is 13.9 Å². The number of anilines is 2. The smallest absolute Gasteiger partial charge is 0.290 e. The molecule has 1 aromatic heterocycles. The van der Waals surface area contributed by atoms with Crippen LogP contribution >= 0.6 is 0 Å². The number of nitrogens with two attached hydrogens (primary N) is 1. The summed E-state index contributed by atoms with van der Waals surface area (Å²) in [5, 5.41) is 9.11. The highest BCUT2D eigenvalue weighted by Crippen LogP contribution is 2.28. The highest BCUT2D eigenvalue weighted by Gasteiger charge is 2.44. The quantitative estimate of drug-likeness (QED) is 0.795. The first kappa shape index (κ1) is 14.6. The van der Waals surface area contributed by atoms with Crippen LogP contribution in [0.25, 0.3) is 0 Å². The predicted molar refractivity (Wildman–Crippen MR) is 65.6 cm³/mol. The molecule has 2 heterocycles. The van der Waals surface area contributed by atoms with Gasteiger partial charge < -0.3 is 15.7 Å². The zero-order chi connectivity index (χ0) is 13.8. The number of aromatic nitrogens is 2. The molecule has 1 saturated heterocycles. The number of nitrogens with zero attached hydrogens (tertiary/aromatic N) is 3. The molecular weight excluding hydrogens is 242 g/mol. The second kappa shape index (κ2) is 5.90. The standard InChI is InChI=1S/C9H12F2N4O.C2H6/c10-9(11)5-15(4-2-6(9)16)8-13-3-1-7(12)14-8;1-2/h1,3,6,16H,2,4-5H2,(H2,12,13,14);1-2H3. The van der Waals surface area contributed by atoms with Gasteiger partial charge in [0, 0.05) is 12.7 Å². The number of rotatable bonds is 1. The normalized spacial score (nSPS) is 22.1. The van der Waals surface area contributed by atoms with Gasteiger partial charge in [0.25, 0.3) is 5.92 Å². The van der Waals surface area contributed by atoms with E-state index < -0.39 is 18.6 Å². The molecule has 7 heteroatoms. The molecular formula is C11H18F2N4O. The molecule has 0 radical (unpaired) electrons. The minimum absolute atomic E-state index is 0.00877. The van der Waals surface area contributed by atoms with Crippen molar-refractivity contribution in [1.82, 2.24) is 9.97 Å². The van der Waals surface area contributed by atoms with Gasteiger partial charge in [0.1, 0.15) is 11.9 Å². The Bertz CT molecular complexity index is 389. The Morgan fingerprint density at radius 2 is 2.17 bits per heavy atom. The number of nitrogen functional groups attached to an aromatic ring is 1. The molecule has 1 atom stereocenters. The van der Waals surface area contributed by atoms with E-state index in [0.717, 1.165) is 0 Å². The van der Waals surface area contributed by atoms with Crippen LogP contribution in [0, 0.1) is 0 Å². The Labute approximate surface area is 105 Å². The van der Waals surface area contributed by atoms with Gasteiger partial charge >= 0.3 is 0 Å². The molecule has 1 aliphatic heterocycles. The highest BCUT2D eigenvalue weighted by atomic mass is 19.3. The van der Waals surface area contributed by atoms with Gasteiger partial charge in [-0.3, -0.25) is 0 Å². The van der Waals surface area contributed by atoms with Crippen LogP contribution in [0.15, 0.2) is 12.3 Å². The van der Waals surface area contributed by atoms with Crippen molar-refractivity contribution in [3.8, 4) is 0 Å². The minimum Gasteiger partial charge on any atom is -0.387 e. The van der Waals surface area contributed by atoms with Gasteiger partial charge in [0.05, 0.1) is 6.54 Å². The van der Waals surface area contributed by atoms with Crippen LogP contribution in [0.1, 0.15) is 20.3 Å². The fourth-order valence-corrected chi connectivity index (χ4v) is 1.61. The molecule has 1 aromatic rings. The van der Waals surface area contributed by atoms with Crippen LogP contribution in [0.4, 0.5) is 20.5 Å². The second-order valence-corrected chi connectivity index (χ2v) is 3.77. The van der Waals surface area contributed by atoms with E-state index in [4.69, 9.17) is 10.8 Å². The number of alkyl halides is 2.